The van der Waals surface area contributed by atoms with Gasteiger partial charge in [0.2, 0.25) is 11.8 Å². The van der Waals surface area contributed by atoms with Crippen molar-refractivity contribution in [1.29, 1.82) is 0 Å². The van der Waals surface area contributed by atoms with E-state index in [0.717, 1.165) is 11.4 Å². The normalized spacial score (nSPS) is 24.2. The van der Waals surface area contributed by atoms with Gasteiger partial charge in [-0.2, -0.15) is 0 Å². The highest BCUT2D eigenvalue weighted by molar-refractivity contribution is 7.09. The number of hydrogen-bond donors (Lipinski definition) is 2. The topological polar surface area (TPSA) is 115 Å². The fourth-order valence-electron chi connectivity index (χ4n) is 2.45. The molecule has 8 heteroatoms. The lowest BCUT2D eigenvalue weighted by Crippen LogP contribution is -2.38. The maximum atomic E-state index is 11.3. The lowest BCUT2D eigenvalue weighted by molar-refractivity contribution is -0.119. The van der Waals surface area contributed by atoms with E-state index in [9.17, 15) is 9.59 Å². The van der Waals surface area contributed by atoms with Crippen LogP contribution in [0, 0.1) is 0 Å². The molecule has 0 bridgehead atoms. The maximum Gasteiger partial charge on any atom is 0.231 e. The Kier molecular flexibility index (Phi) is 3.58. The Bertz CT molecular complexity index is 449. The Balaban J connectivity index is 2.18. The van der Waals surface area contributed by atoms with Gasteiger partial charge in [0.1, 0.15) is 10.5 Å². The van der Waals surface area contributed by atoms with Crippen molar-refractivity contribution in [1.82, 2.24) is 15.1 Å². The van der Waals surface area contributed by atoms with E-state index in [1.807, 2.05) is 4.90 Å². The number of hydrogen-bond acceptors (Lipinski definition) is 6. The van der Waals surface area contributed by atoms with E-state index in [-0.39, 0.29) is 24.8 Å². The molecule has 2 amide bonds. The van der Waals surface area contributed by atoms with Gasteiger partial charge in [-0.15, -0.1) is 21.5 Å². The first kappa shape index (κ1) is 12.9. The van der Waals surface area contributed by atoms with Gasteiger partial charge in [-0.3, -0.25) is 14.5 Å². The van der Waals surface area contributed by atoms with Crippen molar-refractivity contribution < 1.29 is 9.59 Å². The van der Waals surface area contributed by atoms with Crippen LogP contribution in [-0.4, -0.2) is 46.5 Å². The zero-order chi connectivity index (χ0) is 13.2. The van der Waals surface area contributed by atoms with Crippen molar-refractivity contribution in [3.63, 3.8) is 0 Å². The molecule has 0 saturated carbocycles. The summed E-state index contributed by atoms with van der Waals surface area (Å²) in [7, 11) is 0. The number of aromatic nitrogens is 2. The first-order valence-electron chi connectivity index (χ1n) is 5.57. The summed E-state index contributed by atoms with van der Waals surface area (Å²) in [4.78, 5) is 24.1. The minimum atomic E-state index is -0.414. The lowest BCUT2D eigenvalue weighted by Gasteiger charge is -2.25. The standard InChI is InChI=1S/C10H15N5O2S/c11-7(16)3-10(9-14-13-6-18-9)1-2-15(5-10)4-8(12)17/h6H,1-5H2,(H2,11,16)(H2,12,17). The van der Waals surface area contributed by atoms with Crippen LogP contribution in [-0.2, 0) is 15.0 Å². The van der Waals surface area contributed by atoms with Crippen LogP contribution in [0.5, 0.6) is 0 Å². The largest absolute Gasteiger partial charge is 0.370 e. The number of nitrogens with zero attached hydrogens (tertiary/aromatic N) is 3. The summed E-state index contributed by atoms with van der Waals surface area (Å²) in [6.07, 6.45) is 0.954. The van der Waals surface area contributed by atoms with Gasteiger partial charge >= 0.3 is 0 Å². The summed E-state index contributed by atoms with van der Waals surface area (Å²) in [5.74, 6) is -0.742. The third kappa shape index (κ3) is 2.65. The van der Waals surface area contributed by atoms with Crippen LogP contribution in [0.15, 0.2) is 5.51 Å². The van der Waals surface area contributed by atoms with Crippen LogP contribution >= 0.6 is 11.3 Å². The molecule has 4 N–H and O–H groups in total. The van der Waals surface area contributed by atoms with E-state index in [2.05, 4.69) is 10.2 Å². The van der Waals surface area contributed by atoms with Crippen LogP contribution in [0.25, 0.3) is 0 Å². The molecule has 1 aliphatic heterocycles. The van der Waals surface area contributed by atoms with E-state index >= 15 is 0 Å². The van der Waals surface area contributed by atoms with Crippen molar-refractivity contribution in [2.45, 2.75) is 18.3 Å². The maximum absolute atomic E-state index is 11.3. The molecule has 1 aromatic rings. The van der Waals surface area contributed by atoms with Crippen molar-refractivity contribution in [3.8, 4) is 0 Å². The van der Waals surface area contributed by atoms with E-state index in [1.165, 1.54) is 11.3 Å². The number of likely N-dealkylation sites (tertiary alicyclic amines) is 1. The molecule has 2 rings (SSSR count). The molecule has 0 aromatic carbocycles. The van der Waals surface area contributed by atoms with Crippen molar-refractivity contribution >= 4 is 23.2 Å². The number of amides is 2. The number of nitrogens with two attached hydrogens (primary N) is 2. The average molecular weight is 269 g/mol. The zero-order valence-electron chi connectivity index (χ0n) is 9.83. The van der Waals surface area contributed by atoms with Crippen LogP contribution in [0.2, 0.25) is 0 Å². The van der Waals surface area contributed by atoms with Gasteiger partial charge in [-0.1, -0.05) is 0 Å². The number of carbonyl (C=O) groups excluding carboxylic acids is 2. The first-order chi connectivity index (χ1) is 8.52. The van der Waals surface area contributed by atoms with Gasteiger partial charge in [0, 0.05) is 18.4 Å². The molecule has 1 fully saturated rings. The molecular formula is C10H15N5O2S. The number of primary amides is 2. The SMILES string of the molecule is NC(=O)CN1CCC(CC(N)=O)(c2nncs2)C1. The van der Waals surface area contributed by atoms with Crippen LogP contribution in [0.3, 0.4) is 0 Å². The second-order valence-corrected chi connectivity index (χ2v) is 5.43. The molecule has 98 valence electrons. The number of rotatable bonds is 5. The van der Waals surface area contributed by atoms with E-state index in [0.29, 0.717) is 13.1 Å². The Labute approximate surface area is 108 Å². The predicted octanol–water partition coefficient (Wildman–Crippen LogP) is -1.16. The Morgan fingerprint density at radius 3 is 2.78 bits per heavy atom. The first-order valence-corrected chi connectivity index (χ1v) is 6.45. The highest BCUT2D eigenvalue weighted by Gasteiger charge is 2.43. The van der Waals surface area contributed by atoms with Crippen LogP contribution in [0.1, 0.15) is 17.8 Å². The van der Waals surface area contributed by atoms with Gasteiger partial charge in [-0.05, 0) is 13.0 Å². The van der Waals surface area contributed by atoms with E-state index < -0.39 is 5.41 Å². The summed E-state index contributed by atoms with van der Waals surface area (Å²) < 4.78 is 0. The molecule has 7 nitrogen and oxygen atoms in total. The molecule has 1 saturated heterocycles. The fourth-order valence-corrected chi connectivity index (χ4v) is 3.22. The third-order valence-corrected chi connectivity index (χ3v) is 4.08. The summed E-state index contributed by atoms with van der Waals surface area (Å²) in [5, 5.41) is 8.67. The second kappa shape index (κ2) is 4.99. The Hall–Kier alpha value is -1.54. The molecule has 1 unspecified atom stereocenters. The third-order valence-electron chi connectivity index (χ3n) is 3.14. The molecule has 1 aliphatic rings. The molecule has 2 heterocycles. The van der Waals surface area contributed by atoms with Crippen molar-refractivity contribution in [2.24, 2.45) is 11.5 Å². The second-order valence-electron chi connectivity index (χ2n) is 4.59. The zero-order valence-corrected chi connectivity index (χ0v) is 10.7. The van der Waals surface area contributed by atoms with Crippen molar-refractivity contribution in [2.75, 3.05) is 19.6 Å². The molecule has 0 aliphatic carbocycles. The van der Waals surface area contributed by atoms with E-state index in [1.54, 1.807) is 5.51 Å². The van der Waals surface area contributed by atoms with Gasteiger partial charge in [-0.25, -0.2) is 0 Å². The van der Waals surface area contributed by atoms with E-state index in [4.69, 9.17) is 11.5 Å². The quantitative estimate of drug-likeness (QED) is 0.699. The molecule has 18 heavy (non-hydrogen) atoms. The summed E-state index contributed by atoms with van der Waals surface area (Å²) in [6, 6.07) is 0. The number of carbonyl (C=O) groups is 2. The molecule has 0 spiro atoms. The van der Waals surface area contributed by atoms with Gasteiger partial charge in [0.05, 0.1) is 6.54 Å². The Morgan fingerprint density at radius 2 is 2.22 bits per heavy atom. The highest BCUT2D eigenvalue weighted by Crippen LogP contribution is 2.38. The van der Waals surface area contributed by atoms with Crippen LogP contribution in [0.4, 0.5) is 0 Å². The molecule has 1 atom stereocenters. The van der Waals surface area contributed by atoms with Crippen LogP contribution < -0.4 is 11.5 Å². The van der Waals surface area contributed by atoms with Gasteiger partial charge in [0.25, 0.3) is 0 Å². The molecule has 0 radical (unpaired) electrons. The van der Waals surface area contributed by atoms with Gasteiger partial charge in [0.15, 0.2) is 0 Å². The molecular weight excluding hydrogens is 254 g/mol. The smallest absolute Gasteiger partial charge is 0.231 e. The lowest BCUT2D eigenvalue weighted by atomic mass is 9.84. The molecule has 1 aromatic heterocycles. The minimum Gasteiger partial charge on any atom is -0.370 e. The monoisotopic (exact) mass is 269 g/mol. The van der Waals surface area contributed by atoms with Gasteiger partial charge < -0.3 is 11.5 Å². The summed E-state index contributed by atoms with van der Waals surface area (Å²) in [5.41, 5.74) is 11.7. The average Bonchev–Trinajstić information content (AvgIpc) is 2.86. The minimum absolute atomic E-state index is 0.194. The highest BCUT2D eigenvalue weighted by atomic mass is 32.1. The fraction of sp³-hybridized carbons (Fsp3) is 0.600. The summed E-state index contributed by atoms with van der Waals surface area (Å²) >= 11 is 1.41. The Morgan fingerprint density at radius 1 is 1.44 bits per heavy atom. The predicted molar refractivity (Wildman–Crippen MR) is 65.6 cm³/mol. The van der Waals surface area contributed by atoms with Crippen molar-refractivity contribution in [3.05, 3.63) is 10.5 Å². The summed E-state index contributed by atoms with van der Waals surface area (Å²) in [6.45, 7) is 1.46.